The second-order valence-electron chi connectivity index (χ2n) is 11.4. The Morgan fingerprint density at radius 3 is 2.47 bits per heavy atom. The first-order valence-corrected chi connectivity index (χ1v) is 14.5. The third-order valence-corrected chi connectivity index (χ3v) is 8.21. The number of carbonyl (C=O) groups is 2. The first-order valence-electron chi connectivity index (χ1n) is 14.5. The minimum absolute atomic E-state index is 0.0218. The van der Waals surface area contributed by atoms with Crippen molar-refractivity contribution in [2.24, 2.45) is 23.1 Å². The number of amides is 1. The molecule has 1 amide bonds. The van der Waals surface area contributed by atoms with Gasteiger partial charge in [0.15, 0.2) is 5.78 Å². The Morgan fingerprint density at radius 2 is 1.76 bits per heavy atom. The highest BCUT2D eigenvalue weighted by molar-refractivity contribution is 5.92. The molecule has 0 spiro atoms. The molecule has 1 aromatic carbocycles. The molecule has 1 saturated carbocycles. The van der Waals surface area contributed by atoms with E-state index >= 15 is 0 Å². The molecule has 1 fully saturated rings. The lowest BCUT2D eigenvalue weighted by Gasteiger charge is -2.34. The molecular formula is C30H49N6O2+. The highest BCUT2D eigenvalue weighted by Gasteiger charge is 2.26. The van der Waals surface area contributed by atoms with Crippen molar-refractivity contribution in [3.63, 3.8) is 0 Å². The Hall–Kier alpha value is -2.39. The second-order valence-corrected chi connectivity index (χ2v) is 11.4. The lowest BCUT2D eigenvalue weighted by Crippen LogP contribution is -2.52. The molecule has 0 radical (unpaired) electrons. The largest absolute Gasteiger partial charge is 0.345 e. The molecule has 38 heavy (non-hydrogen) atoms. The number of fused-ring (bicyclic) bond motifs is 1. The summed E-state index contributed by atoms with van der Waals surface area (Å²) in [6.45, 7) is 3.76. The van der Waals surface area contributed by atoms with E-state index in [-0.39, 0.29) is 18.1 Å². The van der Waals surface area contributed by atoms with E-state index in [1.54, 1.807) is 6.20 Å². The lowest BCUT2D eigenvalue weighted by molar-refractivity contribution is -0.907. The molecule has 210 valence electrons. The molecule has 2 aromatic rings. The molecule has 8 heteroatoms. The van der Waals surface area contributed by atoms with Crippen molar-refractivity contribution in [1.29, 1.82) is 0 Å². The number of quaternary nitrogens is 1. The molecular weight excluding hydrogens is 476 g/mol. The standard InChI is InChI=1S/C30H48N6O2/c1-36(18-15-31,19-16-32)17-7-11-26(33)30(38)35-28(14-13-23-8-3-2-4-9-23)29(37)21-24-20-25-10-5-6-12-27(25)34-22-24/h5-6,10,12,20,22-23,26,28H,2-4,7-9,11,13-19,21,31-33H2,1H3/p+1/t26-,28-/m0/s1. The third-order valence-electron chi connectivity index (χ3n) is 8.21. The van der Waals surface area contributed by atoms with Crippen LogP contribution in [0.2, 0.25) is 0 Å². The molecule has 0 bridgehead atoms. The molecule has 3 rings (SSSR count). The van der Waals surface area contributed by atoms with Gasteiger partial charge in [-0.05, 0) is 49.3 Å². The first kappa shape index (κ1) is 30.2. The summed E-state index contributed by atoms with van der Waals surface area (Å²) >= 11 is 0. The van der Waals surface area contributed by atoms with Crippen molar-refractivity contribution in [1.82, 2.24) is 10.3 Å². The number of ketones is 1. The SMILES string of the molecule is C[N+](CCN)(CCN)CCC[C@H](N)C(=O)N[C@@H](CCC1CCCCC1)C(=O)Cc1cnc2ccccc2c1. The Labute approximate surface area is 228 Å². The predicted molar refractivity (Wildman–Crippen MR) is 154 cm³/mol. The van der Waals surface area contributed by atoms with Gasteiger partial charge in [-0.25, -0.2) is 0 Å². The number of benzene rings is 1. The fourth-order valence-corrected chi connectivity index (χ4v) is 5.79. The Bertz CT molecular complexity index is 1020. The van der Waals surface area contributed by atoms with Crippen molar-refractivity contribution < 1.29 is 14.1 Å². The fraction of sp³-hybridized carbons (Fsp3) is 0.633. The Kier molecular flexibility index (Phi) is 12.1. The van der Waals surface area contributed by atoms with E-state index in [9.17, 15) is 9.59 Å². The molecule has 0 saturated heterocycles. The summed E-state index contributed by atoms with van der Waals surface area (Å²) in [5.41, 5.74) is 19.7. The van der Waals surface area contributed by atoms with Crippen molar-refractivity contribution in [3.8, 4) is 0 Å². The number of Topliss-reactive ketones (excluding diaryl/α,β-unsaturated/α-hetero) is 1. The minimum Gasteiger partial charge on any atom is -0.345 e. The zero-order chi connectivity index (χ0) is 27.4. The Morgan fingerprint density at radius 1 is 1.05 bits per heavy atom. The normalized spacial score (nSPS) is 16.3. The van der Waals surface area contributed by atoms with Crippen molar-refractivity contribution in [3.05, 3.63) is 42.1 Å². The molecule has 0 aliphatic heterocycles. The summed E-state index contributed by atoms with van der Waals surface area (Å²) < 4.78 is 0.781. The van der Waals surface area contributed by atoms with Crippen LogP contribution in [0.4, 0.5) is 0 Å². The number of hydrogen-bond donors (Lipinski definition) is 4. The van der Waals surface area contributed by atoms with E-state index in [0.29, 0.717) is 31.8 Å². The topological polar surface area (TPSA) is 137 Å². The van der Waals surface area contributed by atoms with Crippen LogP contribution in [-0.2, 0) is 16.0 Å². The molecule has 1 heterocycles. The van der Waals surface area contributed by atoms with Crippen LogP contribution in [0.3, 0.4) is 0 Å². The number of hydrogen-bond acceptors (Lipinski definition) is 6. The number of para-hydroxylation sites is 1. The van der Waals surface area contributed by atoms with Crippen LogP contribution in [0.5, 0.6) is 0 Å². The van der Waals surface area contributed by atoms with Gasteiger partial charge in [0, 0.05) is 31.1 Å². The van der Waals surface area contributed by atoms with Crippen LogP contribution in [-0.4, -0.2) is 73.0 Å². The highest BCUT2D eigenvalue weighted by atomic mass is 16.2. The maximum atomic E-state index is 13.5. The summed E-state index contributed by atoms with van der Waals surface area (Å²) in [5.74, 6) is 0.413. The fourth-order valence-electron chi connectivity index (χ4n) is 5.79. The molecule has 8 nitrogen and oxygen atoms in total. The van der Waals surface area contributed by atoms with Gasteiger partial charge >= 0.3 is 0 Å². The maximum Gasteiger partial charge on any atom is 0.237 e. The average molecular weight is 526 g/mol. The zero-order valence-corrected chi connectivity index (χ0v) is 23.2. The van der Waals surface area contributed by atoms with Crippen LogP contribution in [0, 0.1) is 5.92 Å². The van der Waals surface area contributed by atoms with E-state index in [2.05, 4.69) is 17.3 Å². The highest BCUT2D eigenvalue weighted by Crippen LogP contribution is 2.28. The quantitative estimate of drug-likeness (QED) is 0.249. The van der Waals surface area contributed by atoms with Crippen molar-refractivity contribution in [2.75, 3.05) is 39.8 Å². The molecule has 2 atom stereocenters. The number of nitrogens with zero attached hydrogens (tertiary/aromatic N) is 2. The smallest absolute Gasteiger partial charge is 0.237 e. The van der Waals surface area contributed by atoms with Crippen molar-refractivity contribution in [2.45, 2.75) is 76.3 Å². The summed E-state index contributed by atoms with van der Waals surface area (Å²) in [5, 5.41) is 4.04. The van der Waals surface area contributed by atoms with E-state index in [0.717, 1.165) is 53.4 Å². The van der Waals surface area contributed by atoms with Gasteiger partial charge in [-0.2, -0.15) is 0 Å². The first-order chi connectivity index (χ1) is 18.3. The monoisotopic (exact) mass is 525 g/mol. The van der Waals surface area contributed by atoms with Gasteiger partial charge in [-0.15, -0.1) is 0 Å². The van der Waals surface area contributed by atoms with Gasteiger partial charge in [-0.1, -0.05) is 50.3 Å². The number of rotatable bonds is 16. The third kappa shape index (κ3) is 9.42. The number of nitrogens with two attached hydrogens (primary N) is 3. The summed E-state index contributed by atoms with van der Waals surface area (Å²) in [4.78, 5) is 31.1. The predicted octanol–water partition coefficient (Wildman–Crippen LogP) is 2.66. The molecule has 1 aliphatic carbocycles. The molecule has 7 N–H and O–H groups in total. The van der Waals surface area contributed by atoms with Gasteiger partial charge in [0.2, 0.25) is 5.91 Å². The average Bonchev–Trinajstić information content (AvgIpc) is 2.91. The van der Waals surface area contributed by atoms with Crippen LogP contribution in [0.1, 0.15) is 63.4 Å². The molecule has 0 unspecified atom stereocenters. The van der Waals surface area contributed by atoms with Crippen LogP contribution in [0.15, 0.2) is 36.5 Å². The van der Waals surface area contributed by atoms with E-state index in [1.165, 1.54) is 32.1 Å². The number of carbonyl (C=O) groups excluding carboxylic acids is 2. The summed E-state index contributed by atoms with van der Waals surface area (Å²) in [7, 11) is 2.15. The lowest BCUT2D eigenvalue weighted by atomic mass is 9.84. The van der Waals surface area contributed by atoms with Gasteiger partial charge in [0.05, 0.1) is 44.3 Å². The van der Waals surface area contributed by atoms with Gasteiger partial charge in [0.25, 0.3) is 0 Å². The van der Waals surface area contributed by atoms with Crippen LogP contribution >= 0.6 is 0 Å². The Balaban J connectivity index is 1.60. The second kappa shape index (κ2) is 15.3. The van der Waals surface area contributed by atoms with Gasteiger partial charge in [0.1, 0.15) is 0 Å². The van der Waals surface area contributed by atoms with E-state index < -0.39 is 12.1 Å². The molecule has 1 aliphatic rings. The van der Waals surface area contributed by atoms with Gasteiger partial charge < -0.3 is 27.0 Å². The number of nitrogens with one attached hydrogen (secondary N) is 1. The summed E-state index contributed by atoms with van der Waals surface area (Å²) in [6.07, 6.45) is 11.2. The van der Waals surface area contributed by atoms with Gasteiger partial charge in [-0.3, -0.25) is 14.6 Å². The van der Waals surface area contributed by atoms with Crippen LogP contribution < -0.4 is 22.5 Å². The van der Waals surface area contributed by atoms with E-state index in [4.69, 9.17) is 17.2 Å². The zero-order valence-electron chi connectivity index (χ0n) is 23.2. The molecule has 1 aromatic heterocycles. The van der Waals surface area contributed by atoms with Crippen LogP contribution in [0.25, 0.3) is 10.9 Å². The van der Waals surface area contributed by atoms with E-state index in [1.807, 2.05) is 30.3 Å². The minimum atomic E-state index is -0.647. The summed E-state index contributed by atoms with van der Waals surface area (Å²) in [6, 6.07) is 8.73. The number of likely N-dealkylation sites (N-methyl/N-ethyl adjacent to an activating group) is 1. The number of aromatic nitrogens is 1. The number of pyridine rings is 1. The maximum absolute atomic E-state index is 13.5. The van der Waals surface area contributed by atoms with Crippen molar-refractivity contribution >= 4 is 22.6 Å².